The lowest BCUT2D eigenvalue weighted by atomic mass is 10.1. The van der Waals surface area contributed by atoms with Crippen LogP contribution in [-0.4, -0.2) is 17.6 Å². The molecule has 0 radical (unpaired) electrons. The molecule has 98 valence electrons. The second-order valence-corrected chi connectivity index (χ2v) is 3.57. The van der Waals surface area contributed by atoms with Gasteiger partial charge in [0, 0.05) is 17.6 Å². The van der Waals surface area contributed by atoms with Gasteiger partial charge in [0.1, 0.15) is 5.58 Å². The Morgan fingerprint density at radius 3 is 2.94 bits per heavy atom. The number of oxime groups is 1. The van der Waals surface area contributed by atoms with Gasteiger partial charge in [0.15, 0.2) is 5.76 Å². The number of benzene rings is 1. The Morgan fingerprint density at radius 2 is 2.28 bits per heavy atom. The fraction of sp³-hybridized carbons (Fsp3) is 0.250. The first kappa shape index (κ1) is 14.3. The standard InChI is InChI=1S/C12H14N2O3.ClH/c1-2-16-7-9-5-3-4-8-6-10(12(13)14-15)17-11(8)9;/h3-6,15H,2,7H2,1H3,(H2,13,14);1H. The third kappa shape index (κ3) is 2.75. The van der Waals surface area contributed by atoms with E-state index >= 15 is 0 Å². The van der Waals surface area contributed by atoms with E-state index in [-0.39, 0.29) is 18.2 Å². The molecule has 5 nitrogen and oxygen atoms in total. The number of hydrogen-bond acceptors (Lipinski definition) is 4. The van der Waals surface area contributed by atoms with Gasteiger partial charge in [-0.25, -0.2) is 0 Å². The number of fused-ring (bicyclic) bond motifs is 1. The van der Waals surface area contributed by atoms with E-state index in [4.69, 9.17) is 20.1 Å². The quantitative estimate of drug-likeness (QED) is 0.387. The van der Waals surface area contributed by atoms with Crippen LogP contribution in [0.3, 0.4) is 0 Å². The molecule has 0 aliphatic carbocycles. The summed E-state index contributed by atoms with van der Waals surface area (Å²) in [6, 6.07) is 7.49. The van der Waals surface area contributed by atoms with E-state index in [2.05, 4.69) is 5.16 Å². The summed E-state index contributed by atoms with van der Waals surface area (Å²) in [4.78, 5) is 0. The normalized spacial score (nSPS) is 11.5. The maximum atomic E-state index is 8.60. The third-order valence-corrected chi connectivity index (χ3v) is 2.45. The minimum absolute atomic E-state index is 0. The van der Waals surface area contributed by atoms with Gasteiger partial charge in [-0.15, -0.1) is 12.4 Å². The van der Waals surface area contributed by atoms with Gasteiger partial charge in [0.05, 0.1) is 6.61 Å². The highest BCUT2D eigenvalue weighted by molar-refractivity contribution is 5.98. The van der Waals surface area contributed by atoms with E-state index in [9.17, 15) is 0 Å². The van der Waals surface area contributed by atoms with Crippen molar-refractivity contribution >= 4 is 29.2 Å². The number of furan rings is 1. The molecule has 0 bridgehead atoms. The van der Waals surface area contributed by atoms with Crippen LogP contribution in [0.2, 0.25) is 0 Å². The number of ether oxygens (including phenoxy) is 1. The Morgan fingerprint density at radius 1 is 1.50 bits per heavy atom. The third-order valence-electron chi connectivity index (χ3n) is 2.45. The first-order valence-electron chi connectivity index (χ1n) is 5.33. The number of halogens is 1. The van der Waals surface area contributed by atoms with Gasteiger partial charge in [-0.3, -0.25) is 0 Å². The van der Waals surface area contributed by atoms with Crippen molar-refractivity contribution in [3.63, 3.8) is 0 Å². The first-order valence-corrected chi connectivity index (χ1v) is 5.33. The minimum Gasteiger partial charge on any atom is -0.452 e. The SMILES string of the molecule is CCOCc1cccc2cc(C(N)=NO)oc12.Cl. The van der Waals surface area contributed by atoms with Crippen molar-refractivity contribution in [2.75, 3.05) is 6.61 Å². The summed E-state index contributed by atoms with van der Waals surface area (Å²) in [6.45, 7) is 3.06. The Kier molecular flexibility index (Phi) is 5.00. The van der Waals surface area contributed by atoms with Crippen LogP contribution in [0.1, 0.15) is 18.2 Å². The van der Waals surface area contributed by atoms with Gasteiger partial charge >= 0.3 is 0 Å². The van der Waals surface area contributed by atoms with Crippen LogP contribution in [0.4, 0.5) is 0 Å². The highest BCUT2D eigenvalue weighted by atomic mass is 35.5. The molecule has 0 fully saturated rings. The van der Waals surface area contributed by atoms with Crippen LogP contribution in [0.5, 0.6) is 0 Å². The van der Waals surface area contributed by atoms with Gasteiger partial charge in [-0.2, -0.15) is 0 Å². The second kappa shape index (κ2) is 6.28. The van der Waals surface area contributed by atoms with Crippen molar-refractivity contribution in [3.05, 3.63) is 35.6 Å². The number of rotatable bonds is 4. The Hall–Kier alpha value is -1.72. The molecule has 0 saturated heterocycles. The summed E-state index contributed by atoms with van der Waals surface area (Å²) >= 11 is 0. The van der Waals surface area contributed by atoms with Crippen molar-refractivity contribution in [2.45, 2.75) is 13.5 Å². The monoisotopic (exact) mass is 270 g/mol. The topological polar surface area (TPSA) is 81.0 Å². The molecule has 0 amide bonds. The van der Waals surface area contributed by atoms with Crippen LogP contribution < -0.4 is 5.73 Å². The van der Waals surface area contributed by atoms with Gasteiger partial charge in [0.2, 0.25) is 5.84 Å². The van der Waals surface area contributed by atoms with Crippen LogP contribution in [0.25, 0.3) is 11.0 Å². The molecule has 3 N–H and O–H groups in total. The molecule has 18 heavy (non-hydrogen) atoms. The highest BCUT2D eigenvalue weighted by Crippen LogP contribution is 2.23. The molecule has 2 rings (SSSR count). The van der Waals surface area contributed by atoms with Crippen molar-refractivity contribution in [3.8, 4) is 0 Å². The van der Waals surface area contributed by atoms with Crippen molar-refractivity contribution in [1.29, 1.82) is 0 Å². The Labute approximate surface area is 111 Å². The molecular formula is C12H15ClN2O3. The fourth-order valence-electron chi connectivity index (χ4n) is 1.62. The van der Waals surface area contributed by atoms with Crippen LogP contribution in [0.15, 0.2) is 33.8 Å². The number of para-hydroxylation sites is 1. The van der Waals surface area contributed by atoms with Gasteiger partial charge in [-0.1, -0.05) is 23.4 Å². The average Bonchev–Trinajstić information content (AvgIpc) is 2.79. The van der Waals surface area contributed by atoms with Crippen LogP contribution >= 0.6 is 12.4 Å². The number of amidine groups is 1. The molecule has 0 unspecified atom stereocenters. The van der Waals surface area contributed by atoms with E-state index in [0.29, 0.717) is 24.6 Å². The van der Waals surface area contributed by atoms with E-state index in [0.717, 1.165) is 10.9 Å². The zero-order valence-electron chi connectivity index (χ0n) is 9.92. The van der Waals surface area contributed by atoms with Crippen LogP contribution in [0, 0.1) is 0 Å². The van der Waals surface area contributed by atoms with Crippen molar-refractivity contribution in [1.82, 2.24) is 0 Å². The molecule has 1 aromatic heterocycles. The minimum atomic E-state index is -0.0384. The number of hydrogen-bond donors (Lipinski definition) is 2. The largest absolute Gasteiger partial charge is 0.452 e. The van der Waals surface area contributed by atoms with E-state index in [1.165, 1.54) is 0 Å². The summed E-state index contributed by atoms with van der Waals surface area (Å²) in [5.74, 6) is 0.315. The molecule has 0 atom stereocenters. The molecule has 0 aliphatic heterocycles. The lowest BCUT2D eigenvalue weighted by molar-refractivity contribution is 0.134. The number of nitrogens with two attached hydrogens (primary N) is 1. The predicted molar refractivity (Wildman–Crippen MR) is 71.3 cm³/mol. The van der Waals surface area contributed by atoms with E-state index in [1.54, 1.807) is 6.07 Å². The second-order valence-electron chi connectivity index (χ2n) is 3.57. The lowest BCUT2D eigenvalue weighted by Crippen LogP contribution is -2.11. The smallest absolute Gasteiger partial charge is 0.205 e. The summed E-state index contributed by atoms with van der Waals surface area (Å²) in [6.07, 6.45) is 0. The summed E-state index contributed by atoms with van der Waals surface area (Å²) in [5.41, 5.74) is 7.14. The average molecular weight is 271 g/mol. The van der Waals surface area contributed by atoms with Crippen LogP contribution in [-0.2, 0) is 11.3 Å². The molecule has 0 saturated carbocycles. The maximum absolute atomic E-state index is 8.60. The molecular weight excluding hydrogens is 256 g/mol. The predicted octanol–water partition coefficient (Wildman–Crippen LogP) is 2.49. The van der Waals surface area contributed by atoms with Crippen molar-refractivity contribution < 1.29 is 14.4 Å². The Bertz CT molecular complexity index is 551. The van der Waals surface area contributed by atoms with E-state index < -0.39 is 0 Å². The molecule has 0 spiro atoms. The summed E-state index contributed by atoms with van der Waals surface area (Å²) in [5, 5.41) is 12.4. The molecule has 1 aromatic carbocycles. The molecule has 6 heteroatoms. The van der Waals surface area contributed by atoms with Gasteiger partial charge in [-0.05, 0) is 13.0 Å². The molecule has 2 aromatic rings. The van der Waals surface area contributed by atoms with Gasteiger partial charge < -0.3 is 20.1 Å². The summed E-state index contributed by atoms with van der Waals surface area (Å²) in [7, 11) is 0. The first-order chi connectivity index (χ1) is 8.26. The highest BCUT2D eigenvalue weighted by Gasteiger charge is 2.10. The molecule has 1 heterocycles. The molecule has 0 aliphatic rings. The van der Waals surface area contributed by atoms with Crippen molar-refractivity contribution in [2.24, 2.45) is 10.9 Å². The fourth-order valence-corrected chi connectivity index (χ4v) is 1.62. The van der Waals surface area contributed by atoms with E-state index in [1.807, 2.05) is 25.1 Å². The summed E-state index contributed by atoms with van der Waals surface area (Å²) < 4.78 is 10.9. The maximum Gasteiger partial charge on any atom is 0.205 e. The zero-order chi connectivity index (χ0) is 12.3. The number of nitrogens with zero attached hydrogens (tertiary/aromatic N) is 1. The zero-order valence-corrected chi connectivity index (χ0v) is 10.7. The Balaban J connectivity index is 0.00000162. The lowest BCUT2D eigenvalue weighted by Gasteiger charge is -2.01. The van der Waals surface area contributed by atoms with Gasteiger partial charge in [0.25, 0.3) is 0 Å².